The van der Waals surface area contributed by atoms with E-state index in [0.29, 0.717) is 12.1 Å². The van der Waals surface area contributed by atoms with Crippen molar-refractivity contribution in [3.63, 3.8) is 0 Å². The molecule has 0 aromatic heterocycles. The van der Waals surface area contributed by atoms with Crippen molar-refractivity contribution in [3.8, 4) is 0 Å². The first-order chi connectivity index (χ1) is 6.83. The monoisotopic (exact) mass is 197 g/mol. The molecule has 1 rings (SSSR count). The predicted octanol–water partition coefficient (Wildman–Crippen LogP) is 2.50. The third kappa shape index (κ3) is 2.82. The lowest BCUT2D eigenvalue weighted by molar-refractivity contribution is 0.0766. The molecule has 0 radical (unpaired) electrons. The lowest BCUT2D eigenvalue weighted by atomic mass is 9.90. The molecule has 2 heteroatoms. The highest BCUT2D eigenvalue weighted by Crippen LogP contribution is 2.23. The summed E-state index contributed by atoms with van der Waals surface area (Å²) in [4.78, 5) is 0. The van der Waals surface area contributed by atoms with Crippen molar-refractivity contribution < 1.29 is 4.74 Å². The largest absolute Gasteiger partial charge is 0.380 e. The van der Waals surface area contributed by atoms with Crippen LogP contribution in [0.4, 0.5) is 0 Å². The van der Waals surface area contributed by atoms with Crippen molar-refractivity contribution in [3.05, 3.63) is 11.6 Å². The standard InChI is InChI=1S/C12H23NO/c1-4-11(14-3)12(13-2)10-8-6-5-7-9-10/h8,11-13H,4-7,9H2,1-3H3. The fourth-order valence-corrected chi connectivity index (χ4v) is 2.29. The van der Waals surface area contributed by atoms with Crippen molar-refractivity contribution in [1.29, 1.82) is 0 Å². The van der Waals surface area contributed by atoms with Crippen LogP contribution in [0.1, 0.15) is 39.0 Å². The van der Waals surface area contributed by atoms with Crippen LogP contribution >= 0.6 is 0 Å². The van der Waals surface area contributed by atoms with Gasteiger partial charge < -0.3 is 10.1 Å². The summed E-state index contributed by atoms with van der Waals surface area (Å²) < 4.78 is 5.50. The van der Waals surface area contributed by atoms with Crippen molar-refractivity contribution >= 4 is 0 Å². The van der Waals surface area contributed by atoms with Crippen LogP contribution in [0.3, 0.4) is 0 Å². The molecule has 14 heavy (non-hydrogen) atoms. The summed E-state index contributed by atoms with van der Waals surface area (Å²) in [6.45, 7) is 2.18. The highest BCUT2D eigenvalue weighted by Gasteiger charge is 2.22. The average molecular weight is 197 g/mol. The van der Waals surface area contributed by atoms with Gasteiger partial charge in [0.1, 0.15) is 0 Å². The molecular weight excluding hydrogens is 174 g/mol. The first-order valence-corrected chi connectivity index (χ1v) is 5.72. The van der Waals surface area contributed by atoms with Gasteiger partial charge in [-0.05, 0) is 39.2 Å². The number of methoxy groups -OCH3 is 1. The summed E-state index contributed by atoms with van der Waals surface area (Å²) in [6, 6.07) is 0.422. The first kappa shape index (κ1) is 11.7. The number of ether oxygens (including phenoxy) is 1. The Morgan fingerprint density at radius 2 is 2.29 bits per heavy atom. The van der Waals surface area contributed by atoms with E-state index in [4.69, 9.17) is 4.74 Å². The second-order valence-corrected chi connectivity index (χ2v) is 3.97. The van der Waals surface area contributed by atoms with E-state index in [-0.39, 0.29) is 0 Å². The normalized spacial score (nSPS) is 21.5. The number of rotatable bonds is 5. The number of nitrogens with one attached hydrogen (secondary N) is 1. The predicted molar refractivity (Wildman–Crippen MR) is 60.5 cm³/mol. The quantitative estimate of drug-likeness (QED) is 0.684. The summed E-state index contributed by atoms with van der Waals surface area (Å²) in [5.74, 6) is 0. The SMILES string of the molecule is CCC(OC)C(NC)C1=CCCCC1. The average Bonchev–Trinajstić information content (AvgIpc) is 2.27. The molecule has 0 aliphatic heterocycles. The van der Waals surface area contributed by atoms with Gasteiger partial charge in [0.15, 0.2) is 0 Å². The Morgan fingerprint density at radius 3 is 2.71 bits per heavy atom. The Balaban J connectivity index is 2.63. The molecule has 0 saturated heterocycles. The summed E-state index contributed by atoms with van der Waals surface area (Å²) in [5.41, 5.74) is 1.55. The second kappa shape index (κ2) is 6.20. The lowest BCUT2D eigenvalue weighted by Crippen LogP contribution is -2.40. The van der Waals surface area contributed by atoms with E-state index in [1.165, 1.54) is 25.7 Å². The molecule has 2 unspecified atom stereocenters. The molecule has 1 N–H and O–H groups in total. The lowest BCUT2D eigenvalue weighted by Gasteiger charge is -2.29. The van der Waals surface area contributed by atoms with Crippen LogP contribution in [0.15, 0.2) is 11.6 Å². The third-order valence-corrected chi connectivity index (χ3v) is 3.11. The minimum absolute atomic E-state index is 0.323. The van der Waals surface area contributed by atoms with E-state index in [2.05, 4.69) is 18.3 Å². The van der Waals surface area contributed by atoms with Gasteiger partial charge in [-0.2, -0.15) is 0 Å². The highest BCUT2D eigenvalue weighted by atomic mass is 16.5. The minimum Gasteiger partial charge on any atom is -0.380 e. The molecule has 0 saturated carbocycles. The highest BCUT2D eigenvalue weighted by molar-refractivity contribution is 5.15. The summed E-state index contributed by atoms with van der Waals surface area (Å²) in [6.07, 6.45) is 8.96. The Kier molecular flexibility index (Phi) is 5.20. The van der Waals surface area contributed by atoms with Gasteiger partial charge in [0.05, 0.1) is 12.1 Å². The maximum atomic E-state index is 5.50. The molecule has 2 atom stereocenters. The van der Waals surface area contributed by atoms with Crippen molar-refractivity contribution in [2.45, 2.75) is 51.2 Å². The van der Waals surface area contributed by atoms with Crippen LogP contribution in [-0.2, 0) is 4.74 Å². The van der Waals surface area contributed by atoms with Gasteiger partial charge in [-0.3, -0.25) is 0 Å². The molecule has 0 aromatic rings. The molecular formula is C12H23NO. The first-order valence-electron chi connectivity index (χ1n) is 5.72. The van der Waals surface area contributed by atoms with Crippen LogP contribution < -0.4 is 5.32 Å². The van der Waals surface area contributed by atoms with Gasteiger partial charge in [0, 0.05) is 7.11 Å². The molecule has 1 aliphatic rings. The maximum absolute atomic E-state index is 5.50. The molecule has 2 nitrogen and oxygen atoms in total. The third-order valence-electron chi connectivity index (χ3n) is 3.11. The Bertz CT molecular complexity index is 185. The molecule has 82 valence electrons. The van der Waals surface area contributed by atoms with Crippen LogP contribution in [0.25, 0.3) is 0 Å². The van der Waals surface area contributed by atoms with Crippen molar-refractivity contribution in [1.82, 2.24) is 5.32 Å². The summed E-state index contributed by atoms with van der Waals surface area (Å²) in [5, 5.41) is 3.38. The number of likely N-dealkylation sites (N-methyl/N-ethyl adjacent to an activating group) is 1. The number of hydrogen-bond donors (Lipinski definition) is 1. The molecule has 1 aliphatic carbocycles. The fourth-order valence-electron chi connectivity index (χ4n) is 2.29. The molecule has 0 spiro atoms. The van der Waals surface area contributed by atoms with E-state index < -0.39 is 0 Å². The van der Waals surface area contributed by atoms with Gasteiger partial charge in [-0.25, -0.2) is 0 Å². The second-order valence-electron chi connectivity index (χ2n) is 3.97. The van der Waals surface area contributed by atoms with Crippen LogP contribution in [-0.4, -0.2) is 26.3 Å². The Morgan fingerprint density at radius 1 is 1.50 bits per heavy atom. The fraction of sp³-hybridized carbons (Fsp3) is 0.833. The van der Waals surface area contributed by atoms with Crippen LogP contribution in [0.2, 0.25) is 0 Å². The van der Waals surface area contributed by atoms with E-state index >= 15 is 0 Å². The van der Waals surface area contributed by atoms with Crippen molar-refractivity contribution in [2.75, 3.05) is 14.2 Å². The van der Waals surface area contributed by atoms with Crippen molar-refractivity contribution in [2.24, 2.45) is 0 Å². The Labute approximate surface area is 87.7 Å². The minimum atomic E-state index is 0.323. The van der Waals surface area contributed by atoms with Gasteiger partial charge in [0.2, 0.25) is 0 Å². The zero-order valence-corrected chi connectivity index (χ0v) is 9.68. The number of allylic oxidation sites excluding steroid dienone is 1. The molecule has 0 bridgehead atoms. The van der Waals surface area contributed by atoms with Gasteiger partial charge >= 0.3 is 0 Å². The van der Waals surface area contributed by atoms with E-state index in [1.54, 1.807) is 5.57 Å². The van der Waals surface area contributed by atoms with E-state index in [9.17, 15) is 0 Å². The topological polar surface area (TPSA) is 21.3 Å². The maximum Gasteiger partial charge on any atom is 0.0760 e. The van der Waals surface area contributed by atoms with E-state index in [0.717, 1.165) is 6.42 Å². The summed E-state index contributed by atoms with van der Waals surface area (Å²) >= 11 is 0. The zero-order chi connectivity index (χ0) is 10.4. The molecule has 0 heterocycles. The zero-order valence-electron chi connectivity index (χ0n) is 9.68. The smallest absolute Gasteiger partial charge is 0.0760 e. The van der Waals surface area contributed by atoms with E-state index in [1.807, 2.05) is 14.2 Å². The Hall–Kier alpha value is -0.340. The molecule has 0 fully saturated rings. The molecule has 0 amide bonds. The van der Waals surface area contributed by atoms with Gasteiger partial charge in [-0.15, -0.1) is 0 Å². The van der Waals surface area contributed by atoms with Gasteiger partial charge in [-0.1, -0.05) is 18.6 Å². The van der Waals surface area contributed by atoms with Crippen LogP contribution in [0.5, 0.6) is 0 Å². The molecule has 0 aromatic carbocycles. The van der Waals surface area contributed by atoms with Gasteiger partial charge in [0.25, 0.3) is 0 Å². The summed E-state index contributed by atoms with van der Waals surface area (Å²) in [7, 11) is 3.84. The van der Waals surface area contributed by atoms with Crippen LogP contribution in [0, 0.1) is 0 Å². The number of hydrogen-bond acceptors (Lipinski definition) is 2.